The van der Waals surface area contributed by atoms with Crippen molar-refractivity contribution in [1.82, 2.24) is 10.3 Å². The summed E-state index contributed by atoms with van der Waals surface area (Å²) >= 11 is 0. The molecule has 0 spiro atoms. The number of pyridine rings is 1. The highest BCUT2D eigenvalue weighted by molar-refractivity contribution is 5.95. The lowest BCUT2D eigenvalue weighted by Crippen LogP contribution is -2.34. The molecule has 6 nitrogen and oxygen atoms in total. The first-order valence-electron chi connectivity index (χ1n) is 6.35. The number of rotatable bonds is 7. The molecule has 1 atom stereocenters. The van der Waals surface area contributed by atoms with E-state index in [-0.39, 0.29) is 18.5 Å². The summed E-state index contributed by atoms with van der Waals surface area (Å²) in [6.07, 6.45) is 2.34. The molecule has 0 bridgehead atoms. The van der Waals surface area contributed by atoms with Gasteiger partial charge in [-0.15, -0.1) is 0 Å². The summed E-state index contributed by atoms with van der Waals surface area (Å²) in [5, 5.41) is 24.0. The number of nitrogens with one attached hydrogen (secondary N) is 1. The van der Waals surface area contributed by atoms with Crippen LogP contribution in [0.15, 0.2) is 23.5 Å². The smallest absolute Gasteiger partial charge is 0.188 e. The third-order valence-electron chi connectivity index (χ3n) is 3.01. The molecule has 0 saturated carbocycles. The SMILES string of the molecule is CC(C)C(CCO)NCc1ccnc(/C(N)=N/O)c1. The van der Waals surface area contributed by atoms with Crippen LogP contribution in [-0.2, 0) is 6.54 Å². The first kappa shape index (κ1) is 15.4. The van der Waals surface area contributed by atoms with Gasteiger partial charge >= 0.3 is 0 Å². The zero-order valence-electron chi connectivity index (χ0n) is 11.4. The molecule has 1 unspecified atom stereocenters. The number of nitrogens with zero attached hydrogens (tertiary/aromatic N) is 2. The van der Waals surface area contributed by atoms with Gasteiger partial charge in [0.1, 0.15) is 5.69 Å². The molecule has 1 heterocycles. The van der Waals surface area contributed by atoms with E-state index in [0.29, 0.717) is 18.2 Å². The molecule has 0 amide bonds. The number of aliphatic hydroxyl groups excluding tert-OH is 1. The number of oxime groups is 1. The molecule has 0 aliphatic carbocycles. The Morgan fingerprint density at radius 2 is 2.26 bits per heavy atom. The molecule has 0 aromatic carbocycles. The monoisotopic (exact) mass is 266 g/mol. The van der Waals surface area contributed by atoms with Crippen molar-refractivity contribution in [1.29, 1.82) is 0 Å². The van der Waals surface area contributed by atoms with E-state index in [0.717, 1.165) is 12.0 Å². The Kier molecular flexibility index (Phi) is 6.24. The topological polar surface area (TPSA) is 104 Å². The summed E-state index contributed by atoms with van der Waals surface area (Å²) < 4.78 is 0. The largest absolute Gasteiger partial charge is 0.409 e. The van der Waals surface area contributed by atoms with Crippen molar-refractivity contribution in [2.45, 2.75) is 32.9 Å². The predicted octanol–water partition coefficient (Wildman–Crippen LogP) is 0.673. The van der Waals surface area contributed by atoms with Gasteiger partial charge < -0.3 is 21.4 Å². The summed E-state index contributed by atoms with van der Waals surface area (Å²) in [5.74, 6) is 0.440. The number of hydrogen-bond donors (Lipinski definition) is 4. The van der Waals surface area contributed by atoms with Crippen LogP contribution in [0.25, 0.3) is 0 Å². The van der Waals surface area contributed by atoms with Crippen molar-refractivity contribution in [2.75, 3.05) is 6.61 Å². The van der Waals surface area contributed by atoms with Crippen LogP contribution in [0.3, 0.4) is 0 Å². The van der Waals surface area contributed by atoms with E-state index in [1.807, 2.05) is 6.07 Å². The van der Waals surface area contributed by atoms with E-state index >= 15 is 0 Å². The summed E-state index contributed by atoms with van der Waals surface area (Å²) in [6.45, 7) is 5.04. The molecule has 1 aromatic rings. The van der Waals surface area contributed by atoms with Crippen molar-refractivity contribution in [3.63, 3.8) is 0 Å². The maximum atomic E-state index is 9.02. The average molecular weight is 266 g/mol. The lowest BCUT2D eigenvalue weighted by molar-refractivity contribution is 0.244. The molecule has 0 saturated heterocycles. The minimum atomic E-state index is -0.00221. The Morgan fingerprint density at radius 1 is 1.53 bits per heavy atom. The molecule has 5 N–H and O–H groups in total. The minimum absolute atomic E-state index is 0.00221. The molecule has 0 fully saturated rings. The van der Waals surface area contributed by atoms with Crippen molar-refractivity contribution < 1.29 is 10.3 Å². The highest BCUT2D eigenvalue weighted by Gasteiger charge is 2.12. The number of hydrogen-bond acceptors (Lipinski definition) is 5. The molecular formula is C13H22N4O2. The van der Waals surface area contributed by atoms with Gasteiger partial charge in [-0.25, -0.2) is 0 Å². The average Bonchev–Trinajstić information content (AvgIpc) is 2.42. The van der Waals surface area contributed by atoms with E-state index < -0.39 is 0 Å². The zero-order chi connectivity index (χ0) is 14.3. The van der Waals surface area contributed by atoms with Crippen LogP contribution in [0.2, 0.25) is 0 Å². The molecule has 19 heavy (non-hydrogen) atoms. The van der Waals surface area contributed by atoms with E-state index in [2.05, 4.69) is 29.3 Å². The number of nitrogens with two attached hydrogens (primary N) is 1. The summed E-state index contributed by atoms with van der Waals surface area (Å²) in [5.41, 5.74) is 6.95. The maximum Gasteiger partial charge on any atom is 0.188 e. The van der Waals surface area contributed by atoms with E-state index in [4.69, 9.17) is 16.0 Å². The minimum Gasteiger partial charge on any atom is -0.409 e. The van der Waals surface area contributed by atoms with Crippen LogP contribution in [0, 0.1) is 5.92 Å². The van der Waals surface area contributed by atoms with Crippen LogP contribution in [-0.4, -0.2) is 33.8 Å². The summed E-state index contributed by atoms with van der Waals surface area (Å²) in [4.78, 5) is 4.03. The van der Waals surface area contributed by atoms with E-state index in [1.165, 1.54) is 0 Å². The molecule has 0 radical (unpaired) electrons. The van der Waals surface area contributed by atoms with Gasteiger partial charge in [-0.3, -0.25) is 4.98 Å². The highest BCUT2D eigenvalue weighted by Crippen LogP contribution is 2.08. The lowest BCUT2D eigenvalue weighted by Gasteiger charge is -2.21. The first-order chi connectivity index (χ1) is 9.08. The molecular weight excluding hydrogens is 244 g/mol. The summed E-state index contributed by atoms with van der Waals surface area (Å²) in [7, 11) is 0. The number of aliphatic hydroxyl groups is 1. The quantitative estimate of drug-likeness (QED) is 0.251. The van der Waals surface area contributed by atoms with Gasteiger partial charge in [-0.05, 0) is 30.0 Å². The van der Waals surface area contributed by atoms with Gasteiger partial charge in [0.2, 0.25) is 0 Å². The van der Waals surface area contributed by atoms with Crippen LogP contribution >= 0.6 is 0 Å². The van der Waals surface area contributed by atoms with Gasteiger partial charge in [0, 0.05) is 25.4 Å². The summed E-state index contributed by atoms with van der Waals surface area (Å²) in [6, 6.07) is 3.90. The third kappa shape index (κ3) is 4.84. The number of amidine groups is 1. The fraction of sp³-hybridized carbons (Fsp3) is 0.538. The second-order valence-corrected chi connectivity index (χ2v) is 4.78. The molecule has 106 valence electrons. The second-order valence-electron chi connectivity index (χ2n) is 4.78. The van der Waals surface area contributed by atoms with E-state index in [9.17, 15) is 0 Å². The predicted molar refractivity (Wildman–Crippen MR) is 73.9 cm³/mol. The van der Waals surface area contributed by atoms with Gasteiger partial charge in [-0.2, -0.15) is 0 Å². The molecule has 0 aliphatic rings. The van der Waals surface area contributed by atoms with Crippen molar-refractivity contribution in [3.05, 3.63) is 29.6 Å². The van der Waals surface area contributed by atoms with Crippen molar-refractivity contribution in [2.24, 2.45) is 16.8 Å². The fourth-order valence-corrected chi connectivity index (χ4v) is 1.83. The van der Waals surface area contributed by atoms with Crippen molar-refractivity contribution in [3.8, 4) is 0 Å². The standard InChI is InChI=1S/C13H22N4O2/c1-9(2)11(4-6-18)16-8-10-3-5-15-12(7-10)13(14)17-19/h3,5,7,9,11,16,18-19H,4,6,8H2,1-2H3,(H2,14,17). The maximum absolute atomic E-state index is 9.02. The Balaban J connectivity index is 2.67. The molecule has 0 aliphatic heterocycles. The second kappa shape index (κ2) is 7.70. The van der Waals surface area contributed by atoms with Crippen LogP contribution in [0.5, 0.6) is 0 Å². The first-order valence-corrected chi connectivity index (χ1v) is 6.35. The van der Waals surface area contributed by atoms with Gasteiger partial charge in [0.15, 0.2) is 5.84 Å². The molecule has 1 rings (SSSR count). The third-order valence-corrected chi connectivity index (χ3v) is 3.01. The van der Waals surface area contributed by atoms with Gasteiger partial charge in [0.05, 0.1) is 0 Å². The lowest BCUT2D eigenvalue weighted by atomic mass is 10.0. The van der Waals surface area contributed by atoms with Crippen LogP contribution in [0.4, 0.5) is 0 Å². The van der Waals surface area contributed by atoms with Crippen LogP contribution < -0.4 is 11.1 Å². The Morgan fingerprint density at radius 3 is 2.84 bits per heavy atom. The van der Waals surface area contributed by atoms with Gasteiger partial charge in [-0.1, -0.05) is 19.0 Å². The van der Waals surface area contributed by atoms with E-state index in [1.54, 1.807) is 12.3 Å². The molecule has 1 aromatic heterocycles. The Labute approximate surface area is 113 Å². The fourth-order valence-electron chi connectivity index (χ4n) is 1.83. The van der Waals surface area contributed by atoms with Crippen LogP contribution in [0.1, 0.15) is 31.5 Å². The Bertz CT molecular complexity index is 421. The van der Waals surface area contributed by atoms with Crippen molar-refractivity contribution >= 4 is 5.84 Å². The Hall–Kier alpha value is -1.66. The zero-order valence-corrected chi connectivity index (χ0v) is 11.4. The molecule has 6 heteroatoms. The number of aromatic nitrogens is 1. The highest BCUT2D eigenvalue weighted by atomic mass is 16.4. The van der Waals surface area contributed by atoms with Gasteiger partial charge in [0.25, 0.3) is 0 Å². The normalized spacial score (nSPS) is 13.8.